The van der Waals surface area contributed by atoms with Crippen LogP contribution in [0.25, 0.3) is 0 Å². The van der Waals surface area contributed by atoms with Crippen LogP contribution < -0.4 is 16.2 Å². The summed E-state index contributed by atoms with van der Waals surface area (Å²) in [4.78, 5) is 12.9. The Balaban J connectivity index is 2.03. The van der Waals surface area contributed by atoms with E-state index in [0.29, 0.717) is 24.5 Å². The van der Waals surface area contributed by atoms with E-state index in [1.807, 2.05) is 29.2 Å². The Morgan fingerprint density at radius 2 is 1.75 bits per heavy atom. The number of rotatable bonds is 3. The van der Waals surface area contributed by atoms with Crippen LogP contribution in [0, 0.1) is 10.1 Å². The van der Waals surface area contributed by atoms with Gasteiger partial charge in [-0.15, -0.1) is 0 Å². The Morgan fingerprint density at radius 3 is 2.30 bits per heavy atom. The fourth-order valence-electron chi connectivity index (χ4n) is 2.60. The highest BCUT2D eigenvalue weighted by Crippen LogP contribution is 2.38. The highest BCUT2D eigenvalue weighted by atomic mass is 16.6. The van der Waals surface area contributed by atoms with Gasteiger partial charge in [0.05, 0.1) is 4.92 Å². The molecule has 3 rings (SSSR count). The number of fused-ring (bicyclic) bond motifs is 1. The van der Waals surface area contributed by atoms with E-state index in [-0.39, 0.29) is 5.69 Å². The molecule has 6 heteroatoms. The summed E-state index contributed by atoms with van der Waals surface area (Å²) in [7, 11) is 0. The SMILES string of the molecule is NNc1cccc(N2Cc3ccccc3C2)c1[N+](=O)[O-]. The molecule has 1 heterocycles. The van der Waals surface area contributed by atoms with Gasteiger partial charge in [-0.05, 0) is 23.3 Å². The normalized spacial score (nSPS) is 13.2. The van der Waals surface area contributed by atoms with Crippen molar-refractivity contribution in [3.8, 4) is 0 Å². The zero-order chi connectivity index (χ0) is 14.1. The van der Waals surface area contributed by atoms with Crippen molar-refractivity contribution in [2.24, 2.45) is 5.84 Å². The second kappa shape index (κ2) is 4.82. The van der Waals surface area contributed by atoms with Crippen LogP contribution in [0.2, 0.25) is 0 Å². The summed E-state index contributed by atoms with van der Waals surface area (Å²) in [6.07, 6.45) is 0. The van der Waals surface area contributed by atoms with Gasteiger partial charge in [-0.3, -0.25) is 16.0 Å². The third-order valence-electron chi connectivity index (χ3n) is 3.53. The molecule has 0 unspecified atom stereocenters. The number of benzene rings is 2. The summed E-state index contributed by atoms with van der Waals surface area (Å²) in [6, 6.07) is 13.2. The summed E-state index contributed by atoms with van der Waals surface area (Å²) >= 11 is 0. The highest BCUT2D eigenvalue weighted by molar-refractivity contribution is 5.77. The van der Waals surface area contributed by atoms with Crippen molar-refractivity contribution in [3.63, 3.8) is 0 Å². The third-order valence-corrected chi connectivity index (χ3v) is 3.53. The molecule has 0 fully saturated rings. The number of nitro groups is 1. The first-order valence-electron chi connectivity index (χ1n) is 6.26. The molecule has 20 heavy (non-hydrogen) atoms. The summed E-state index contributed by atoms with van der Waals surface area (Å²) in [5.74, 6) is 5.37. The van der Waals surface area contributed by atoms with Crippen molar-refractivity contribution in [2.45, 2.75) is 13.1 Å². The summed E-state index contributed by atoms with van der Waals surface area (Å²) in [5.41, 5.74) is 5.72. The summed E-state index contributed by atoms with van der Waals surface area (Å²) < 4.78 is 0. The van der Waals surface area contributed by atoms with Crippen molar-refractivity contribution in [2.75, 3.05) is 10.3 Å². The van der Waals surface area contributed by atoms with Crippen LogP contribution in [-0.2, 0) is 13.1 Å². The number of hydrazine groups is 1. The zero-order valence-corrected chi connectivity index (χ0v) is 10.7. The van der Waals surface area contributed by atoms with Gasteiger partial charge >= 0.3 is 5.69 Å². The van der Waals surface area contributed by atoms with E-state index in [9.17, 15) is 10.1 Å². The molecule has 0 radical (unpaired) electrons. The van der Waals surface area contributed by atoms with Crippen molar-refractivity contribution < 1.29 is 4.92 Å². The van der Waals surface area contributed by atoms with Gasteiger partial charge in [0.25, 0.3) is 0 Å². The molecule has 1 aliphatic heterocycles. The number of anilines is 2. The van der Waals surface area contributed by atoms with Gasteiger partial charge in [0.15, 0.2) is 0 Å². The lowest BCUT2D eigenvalue weighted by Gasteiger charge is -2.18. The molecule has 2 aromatic carbocycles. The molecular weight excluding hydrogens is 256 g/mol. The minimum atomic E-state index is -0.395. The Labute approximate surface area is 115 Å². The maximum atomic E-state index is 11.3. The number of nitrogens with zero attached hydrogens (tertiary/aromatic N) is 2. The average molecular weight is 270 g/mol. The Morgan fingerprint density at radius 1 is 1.10 bits per heavy atom. The van der Waals surface area contributed by atoms with Gasteiger partial charge in [-0.25, -0.2) is 0 Å². The number of nitrogen functional groups attached to an aromatic ring is 1. The van der Waals surface area contributed by atoms with Crippen LogP contribution in [-0.4, -0.2) is 4.92 Å². The molecule has 3 N–H and O–H groups in total. The number of para-hydroxylation sites is 1. The maximum Gasteiger partial charge on any atom is 0.316 e. The number of nitro benzene ring substituents is 1. The van der Waals surface area contributed by atoms with E-state index >= 15 is 0 Å². The highest BCUT2D eigenvalue weighted by Gasteiger charge is 2.27. The van der Waals surface area contributed by atoms with Gasteiger partial charge < -0.3 is 10.3 Å². The quantitative estimate of drug-likeness (QED) is 0.508. The first-order valence-corrected chi connectivity index (χ1v) is 6.26. The Kier molecular flexibility index (Phi) is 3.00. The van der Waals surface area contributed by atoms with Gasteiger partial charge in [-0.2, -0.15) is 0 Å². The minimum absolute atomic E-state index is 0.0165. The molecule has 2 aromatic rings. The second-order valence-corrected chi connectivity index (χ2v) is 4.70. The molecular formula is C14H14N4O2. The lowest BCUT2D eigenvalue weighted by atomic mass is 10.1. The average Bonchev–Trinajstić information content (AvgIpc) is 2.90. The monoisotopic (exact) mass is 270 g/mol. The van der Waals surface area contributed by atoms with E-state index in [4.69, 9.17) is 5.84 Å². The summed E-state index contributed by atoms with van der Waals surface area (Å²) in [6.45, 7) is 1.34. The lowest BCUT2D eigenvalue weighted by Crippen LogP contribution is -2.18. The lowest BCUT2D eigenvalue weighted by molar-refractivity contribution is -0.383. The van der Waals surface area contributed by atoms with Gasteiger partial charge in [0.2, 0.25) is 0 Å². The van der Waals surface area contributed by atoms with E-state index in [1.54, 1.807) is 18.2 Å². The first kappa shape index (κ1) is 12.4. The molecule has 0 atom stereocenters. The van der Waals surface area contributed by atoms with E-state index in [1.165, 1.54) is 11.1 Å². The zero-order valence-electron chi connectivity index (χ0n) is 10.7. The van der Waals surface area contributed by atoms with Gasteiger partial charge in [0, 0.05) is 13.1 Å². The molecule has 1 aliphatic rings. The first-order chi connectivity index (χ1) is 9.70. The predicted molar refractivity (Wildman–Crippen MR) is 77.2 cm³/mol. The third kappa shape index (κ3) is 1.96. The van der Waals surface area contributed by atoms with Crippen molar-refractivity contribution in [1.82, 2.24) is 0 Å². The summed E-state index contributed by atoms with van der Waals surface area (Å²) in [5, 5.41) is 11.3. The van der Waals surface area contributed by atoms with E-state index < -0.39 is 4.92 Å². The van der Waals surface area contributed by atoms with E-state index in [0.717, 1.165) is 0 Å². The van der Waals surface area contributed by atoms with Crippen LogP contribution in [0.4, 0.5) is 17.1 Å². The molecule has 102 valence electrons. The van der Waals surface area contributed by atoms with Crippen LogP contribution in [0.15, 0.2) is 42.5 Å². The van der Waals surface area contributed by atoms with Crippen molar-refractivity contribution in [1.29, 1.82) is 0 Å². The minimum Gasteiger partial charge on any atom is -0.357 e. The van der Waals surface area contributed by atoms with E-state index in [2.05, 4.69) is 5.43 Å². The molecule has 0 amide bonds. The molecule has 0 spiro atoms. The molecule has 0 aromatic heterocycles. The fourth-order valence-corrected chi connectivity index (χ4v) is 2.60. The Bertz CT molecular complexity index is 647. The van der Waals surface area contributed by atoms with Crippen molar-refractivity contribution >= 4 is 17.1 Å². The van der Waals surface area contributed by atoms with Gasteiger partial charge in [0.1, 0.15) is 11.4 Å². The second-order valence-electron chi connectivity index (χ2n) is 4.70. The maximum absolute atomic E-state index is 11.3. The van der Waals surface area contributed by atoms with Crippen LogP contribution in [0.1, 0.15) is 11.1 Å². The molecule has 0 bridgehead atoms. The molecule has 0 saturated heterocycles. The largest absolute Gasteiger partial charge is 0.357 e. The van der Waals surface area contributed by atoms with Crippen molar-refractivity contribution in [3.05, 3.63) is 63.7 Å². The smallest absolute Gasteiger partial charge is 0.316 e. The topological polar surface area (TPSA) is 84.4 Å². The molecule has 6 nitrogen and oxygen atoms in total. The molecule has 0 aliphatic carbocycles. The van der Waals surface area contributed by atoms with Gasteiger partial charge in [-0.1, -0.05) is 30.3 Å². The number of hydrogen-bond donors (Lipinski definition) is 2. The van der Waals surface area contributed by atoms with Crippen LogP contribution in [0.3, 0.4) is 0 Å². The molecule has 0 saturated carbocycles. The fraction of sp³-hybridized carbons (Fsp3) is 0.143. The number of nitrogens with two attached hydrogens (primary N) is 1. The van der Waals surface area contributed by atoms with Crippen LogP contribution in [0.5, 0.6) is 0 Å². The standard InChI is InChI=1S/C14H14N4O2/c15-16-12-6-3-7-13(14(12)18(19)20)17-8-10-4-1-2-5-11(10)9-17/h1-7,16H,8-9,15H2. The number of hydrogen-bond acceptors (Lipinski definition) is 5. The number of nitrogens with one attached hydrogen (secondary N) is 1. The Hall–Kier alpha value is -2.60. The predicted octanol–water partition coefficient (Wildman–Crippen LogP) is 2.40. The van der Waals surface area contributed by atoms with Crippen LogP contribution >= 0.6 is 0 Å².